The summed E-state index contributed by atoms with van der Waals surface area (Å²) in [5.74, 6) is 0.764. The van der Waals surface area contributed by atoms with Gasteiger partial charge in [-0.25, -0.2) is 0 Å². The van der Waals surface area contributed by atoms with Crippen LogP contribution in [0.4, 0.5) is 5.69 Å². The van der Waals surface area contributed by atoms with Crippen LogP contribution in [0.15, 0.2) is 24.3 Å². The van der Waals surface area contributed by atoms with E-state index in [1.54, 1.807) is 0 Å². The van der Waals surface area contributed by atoms with Gasteiger partial charge in [0.25, 0.3) is 0 Å². The largest absolute Gasteiger partial charge is 0.385 e. The van der Waals surface area contributed by atoms with Crippen LogP contribution in [0.1, 0.15) is 39.2 Å². The second-order valence-electron chi connectivity index (χ2n) is 4.33. The van der Waals surface area contributed by atoms with E-state index in [2.05, 4.69) is 50.4 Å². The number of nitrogens with one attached hydrogen (secondary N) is 1. The molecule has 0 saturated heterocycles. The molecule has 0 aliphatic carbocycles. The molecular weight excluding hydrogens is 182 g/mol. The zero-order chi connectivity index (χ0) is 11.1. The van der Waals surface area contributed by atoms with Crippen LogP contribution < -0.4 is 5.32 Å². The fourth-order valence-electron chi connectivity index (χ4n) is 1.79. The van der Waals surface area contributed by atoms with Gasteiger partial charge in [-0.05, 0) is 36.5 Å². The van der Waals surface area contributed by atoms with Crippen LogP contribution in [0.25, 0.3) is 0 Å². The topological polar surface area (TPSA) is 12.0 Å². The first-order chi connectivity index (χ1) is 7.26. The van der Waals surface area contributed by atoms with Gasteiger partial charge in [-0.1, -0.05) is 39.3 Å². The number of benzene rings is 1. The van der Waals surface area contributed by atoms with Crippen LogP contribution in [0.5, 0.6) is 0 Å². The van der Waals surface area contributed by atoms with E-state index in [0.29, 0.717) is 0 Å². The molecule has 1 atom stereocenters. The van der Waals surface area contributed by atoms with E-state index in [0.717, 1.165) is 18.9 Å². The van der Waals surface area contributed by atoms with Crippen molar-refractivity contribution >= 4 is 5.69 Å². The van der Waals surface area contributed by atoms with Crippen molar-refractivity contribution in [3.05, 3.63) is 29.8 Å². The van der Waals surface area contributed by atoms with Gasteiger partial charge in [-0.15, -0.1) is 0 Å². The third-order valence-corrected chi connectivity index (χ3v) is 2.77. The molecule has 1 unspecified atom stereocenters. The summed E-state index contributed by atoms with van der Waals surface area (Å²) >= 11 is 0. The number of hydrogen-bond donors (Lipinski definition) is 1. The molecule has 1 heteroatoms. The van der Waals surface area contributed by atoms with Crippen LogP contribution in [-0.4, -0.2) is 6.54 Å². The lowest BCUT2D eigenvalue weighted by Gasteiger charge is -2.13. The van der Waals surface area contributed by atoms with Gasteiger partial charge in [0.05, 0.1) is 0 Å². The first-order valence-corrected chi connectivity index (χ1v) is 6.09. The zero-order valence-electron chi connectivity index (χ0n) is 10.2. The van der Waals surface area contributed by atoms with Gasteiger partial charge in [-0.2, -0.15) is 0 Å². The Hall–Kier alpha value is -0.980. The molecule has 84 valence electrons. The predicted molar refractivity (Wildman–Crippen MR) is 68.4 cm³/mol. The molecule has 0 spiro atoms. The summed E-state index contributed by atoms with van der Waals surface area (Å²) in [5, 5.41) is 3.50. The third kappa shape index (κ3) is 4.37. The van der Waals surface area contributed by atoms with Crippen molar-refractivity contribution in [2.75, 3.05) is 11.9 Å². The van der Waals surface area contributed by atoms with Crippen LogP contribution in [-0.2, 0) is 6.42 Å². The number of rotatable bonds is 6. The van der Waals surface area contributed by atoms with Crippen molar-refractivity contribution in [3.63, 3.8) is 0 Å². The molecule has 1 aromatic carbocycles. The van der Waals surface area contributed by atoms with Crippen LogP contribution >= 0.6 is 0 Å². The Morgan fingerprint density at radius 1 is 1.27 bits per heavy atom. The van der Waals surface area contributed by atoms with Crippen molar-refractivity contribution in [1.82, 2.24) is 0 Å². The highest BCUT2D eigenvalue weighted by atomic mass is 14.9. The molecular formula is C14H23N. The maximum atomic E-state index is 3.50. The van der Waals surface area contributed by atoms with Gasteiger partial charge in [0, 0.05) is 12.2 Å². The van der Waals surface area contributed by atoms with Crippen molar-refractivity contribution in [2.45, 2.75) is 40.0 Å². The SMILES string of the molecule is CCCC(C)CNc1cccc(CC)c1. The molecule has 0 amide bonds. The van der Waals surface area contributed by atoms with Gasteiger partial charge in [0.2, 0.25) is 0 Å². The Balaban J connectivity index is 2.43. The minimum absolute atomic E-state index is 0.764. The zero-order valence-corrected chi connectivity index (χ0v) is 10.2. The lowest BCUT2D eigenvalue weighted by Crippen LogP contribution is -2.10. The summed E-state index contributed by atoms with van der Waals surface area (Å²) in [6.45, 7) is 7.83. The smallest absolute Gasteiger partial charge is 0.0342 e. The standard InChI is InChI=1S/C14H23N/c1-4-7-12(3)11-15-14-9-6-8-13(5-2)10-14/h6,8-10,12,15H,4-5,7,11H2,1-3H3. The van der Waals surface area contributed by atoms with Gasteiger partial charge in [0.1, 0.15) is 0 Å². The number of anilines is 1. The maximum absolute atomic E-state index is 3.50. The Morgan fingerprint density at radius 2 is 2.07 bits per heavy atom. The molecule has 0 radical (unpaired) electrons. The van der Waals surface area contributed by atoms with Crippen molar-refractivity contribution in [1.29, 1.82) is 0 Å². The van der Waals surface area contributed by atoms with Gasteiger partial charge < -0.3 is 5.32 Å². The Bertz CT molecular complexity index is 280. The second kappa shape index (κ2) is 6.49. The molecule has 0 bridgehead atoms. The fraction of sp³-hybridized carbons (Fsp3) is 0.571. The average Bonchev–Trinajstić information content (AvgIpc) is 2.27. The molecule has 0 aliphatic heterocycles. The Morgan fingerprint density at radius 3 is 2.73 bits per heavy atom. The average molecular weight is 205 g/mol. The lowest BCUT2D eigenvalue weighted by atomic mass is 10.1. The fourth-order valence-corrected chi connectivity index (χ4v) is 1.79. The highest BCUT2D eigenvalue weighted by molar-refractivity contribution is 5.45. The third-order valence-electron chi connectivity index (χ3n) is 2.77. The summed E-state index contributed by atoms with van der Waals surface area (Å²) in [4.78, 5) is 0. The highest BCUT2D eigenvalue weighted by Crippen LogP contribution is 2.13. The van der Waals surface area contributed by atoms with E-state index in [4.69, 9.17) is 0 Å². The van der Waals surface area contributed by atoms with E-state index < -0.39 is 0 Å². The Kier molecular flexibility index (Phi) is 5.23. The summed E-state index contributed by atoms with van der Waals surface area (Å²) < 4.78 is 0. The lowest BCUT2D eigenvalue weighted by molar-refractivity contribution is 0.551. The summed E-state index contributed by atoms with van der Waals surface area (Å²) in [7, 11) is 0. The first kappa shape index (κ1) is 12.1. The normalized spacial score (nSPS) is 12.5. The predicted octanol–water partition coefficient (Wildman–Crippen LogP) is 4.10. The molecule has 15 heavy (non-hydrogen) atoms. The van der Waals surface area contributed by atoms with Crippen LogP contribution in [0, 0.1) is 5.92 Å². The maximum Gasteiger partial charge on any atom is 0.0342 e. The molecule has 0 aromatic heterocycles. The highest BCUT2D eigenvalue weighted by Gasteiger charge is 2.00. The van der Waals surface area contributed by atoms with Crippen molar-refractivity contribution in [2.24, 2.45) is 5.92 Å². The molecule has 1 rings (SSSR count). The van der Waals surface area contributed by atoms with E-state index in [1.807, 2.05) is 0 Å². The van der Waals surface area contributed by atoms with Crippen LogP contribution in [0.3, 0.4) is 0 Å². The molecule has 0 saturated carbocycles. The molecule has 1 nitrogen and oxygen atoms in total. The van der Waals surface area contributed by atoms with Gasteiger partial charge >= 0.3 is 0 Å². The molecule has 1 aromatic rings. The first-order valence-electron chi connectivity index (χ1n) is 6.09. The summed E-state index contributed by atoms with van der Waals surface area (Å²) in [5.41, 5.74) is 2.67. The minimum Gasteiger partial charge on any atom is -0.385 e. The summed E-state index contributed by atoms with van der Waals surface area (Å²) in [6, 6.07) is 8.71. The Labute approximate surface area is 93.9 Å². The van der Waals surface area contributed by atoms with E-state index in [-0.39, 0.29) is 0 Å². The van der Waals surface area contributed by atoms with Gasteiger partial charge in [-0.3, -0.25) is 0 Å². The van der Waals surface area contributed by atoms with Crippen molar-refractivity contribution < 1.29 is 0 Å². The van der Waals surface area contributed by atoms with E-state index >= 15 is 0 Å². The number of hydrogen-bond acceptors (Lipinski definition) is 1. The quantitative estimate of drug-likeness (QED) is 0.737. The van der Waals surface area contributed by atoms with E-state index in [1.165, 1.54) is 24.1 Å². The van der Waals surface area contributed by atoms with Crippen LogP contribution in [0.2, 0.25) is 0 Å². The van der Waals surface area contributed by atoms with E-state index in [9.17, 15) is 0 Å². The second-order valence-corrected chi connectivity index (χ2v) is 4.33. The molecule has 0 fully saturated rings. The molecule has 0 aliphatic rings. The monoisotopic (exact) mass is 205 g/mol. The molecule has 1 N–H and O–H groups in total. The summed E-state index contributed by atoms with van der Waals surface area (Å²) in [6.07, 6.45) is 3.69. The van der Waals surface area contributed by atoms with Crippen molar-refractivity contribution in [3.8, 4) is 0 Å². The minimum atomic E-state index is 0.764. The van der Waals surface area contributed by atoms with Gasteiger partial charge in [0.15, 0.2) is 0 Å². The molecule has 0 heterocycles. The number of aryl methyl sites for hydroxylation is 1.